The van der Waals surface area contributed by atoms with Gasteiger partial charge in [0.1, 0.15) is 0 Å². The molecule has 1 heterocycles. The molecule has 117 valence electrons. The van der Waals surface area contributed by atoms with E-state index in [1.54, 1.807) is 17.0 Å². The van der Waals surface area contributed by atoms with Crippen molar-refractivity contribution in [2.45, 2.75) is 17.3 Å². The van der Waals surface area contributed by atoms with Crippen LogP contribution in [-0.4, -0.2) is 35.2 Å². The molecule has 7 heteroatoms. The van der Waals surface area contributed by atoms with E-state index in [0.29, 0.717) is 24.4 Å². The Kier molecular flexibility index (Phi) is 8.45. The number of methoxy groups -OCH3 is 1. The van der Waals surface area contributed by atoms with Crippen LogP contribution in [0.1, 0.15) is 18.9 Å². The number of rotatable bonds is 5. The summed E-state index contributed by atoms with van der Waals surface area (Å²) in [6.45, 7) is 2.32. The molecule has 1 radical (unpaired) electrons. The predicted molar refractivity (Wildman–Crippen MR) is 85.4 cm³/mol. The molecule has 1 aliphatic rings. The number of hydrogen-bond donors (Lipinski definition) is 0. The minimum absolute atomic E-state index is 0. The van der Waals surface area contributed by atoms with Crippen molar-refractivity contribution in [3.8, 4) is 5.75 Å². The Morgan fingerprint density at radius 2 is 2.23 bits per heavy atom. The molecule has 0 bridgehead atoms. The van der Waals surface area contributed by atoms with Gasteiger partial charge in [0.05, 0.1) is 15.5 Å². The number of carbonyl (C=O) groups is 1. The number of alkyl halides is 1. The monoisotopic (exact) mass is 493 g/mol. The standard InChI is InChI=1S/C15H16FINO3.Y/c1-3-18-12(8-7-11(17)15(18)19)14-10(16)5-4-6-13(14)21-9-20-2;/h4-6,11H,3,7,9H2,1-2H3;/q-1;. The average molecular weight is 493 g/mol. The molecule has 2 rings (SSSR count). The van der Waals surface area contributed by atoms with Crippen molar-refractivity contribution in [1.82, 2.24) is 4.90 Å². The van der Waals surface area contributed by atoms with E-state index in [4.69, 9.17) is 9.47 Å². The maximum absolute atomic E-state index is 14.3. The first-order valence-corrected chi connectivity index (χ1v) is 7.81. The quantitative estimate of drug-likeness (QED) is 0.274. The molecule has 0 saturated heterocycles. The third-order valence-corrected chi connectivity index (χ3v) is 4.09. The maximum Gasteiger partial charge on any atom is 0.236 e. The second-order valence-electron chi connectivity index (χ2n) is 4.44. The zero-order chi connectivity index (χ0) is 15.4. The van der Waals surface area contributed by atoms with Crippen molar-refractivity contribution in [3.63, 3.8) is 0 Å². The Labute approximate surface area is 168 Å². The third kappa shape index (κ3) is 4.27. The maximum atomic E-state index is 14.3. The van der Waals surface area contributed by atoms with Gasteiger partial charge in [-0.15, -0.1) is 5.70 Å². The van der Waals surface area contributed by atoms with Crippen LogP contribution in [-0.2, 0) is 42.2 Å². The van der Waals surface area contributed by atoms with E-state index in [2.05, 4.69) is 28.7 Å². The van der Waals surface area contributed by atoms with Gasteiger partial charge in [0.15, 0.2) is 6.79 Å². The van der Waals surface area contributed by atoms with Crippen LogP contribution in [0.15, 0.2) is 18.2 Å². The van der Waals surface area contributed by atoms with E-state index in [-0.39, 0.29) is 54.9 Å². The summed E-state index contributed by atoms with van der Waals surface area (Å²) in [6.07, 6.45) is 3.59. The van der Waals surface area contributed by atoms with E-state index in [1.807, 2.05) is 6.92 Å². The molecule has 0 fully saturated rings. The van der Waals surface area contributed by atoms with E-state index in [9.17, 15) is 9.18 Å². The normalized spacial score (nSPS) is 17.8. The van der Waals surface area contributed by atoms with Crippen molar-refractivity contribution in [3.05, 3.63) is 35.7 Å². The number of amides is 1. The first-order chi connectivity index (χ1) is 10.1. The molecule has 4 nitrogen and oxygen atoms in total. The zero-order valence-electron chi connectivity index (χ0n) is 12.4. The Morgan fingerprint density at radius 1 is 1.50 bits per heavy atom. The molecule has 1 aromatic rings. The summed E-state index contributed by atoms with van der Waals surface area (Å²) in [5, 5.41) is 0. The molecule has 1 atom stereocenters. The van der Waals surface area contributed by atoms with E-state index < -0.39 is 5.82 Å². The molecule has 0 spiro atoms. The van der Waals surface area contributed by atoms with E-state index >= 15 is 0 Å². The number of allylic oxidation sites excluding steroid dienone is 1. The molecule has 0 aliphatic carbocycles. The molecule has 1 aliphatic heterocycles. The van der Waals surface area contributed by atoms with Gasteiger partial charge in [0, 0.05) is 46.4 Å². The number of ether oxygens (including phenoxy) is 2. The number of hydrogen-bond acceptors (Lipinski definition) is 3. The van der Waals surface area contributed by atoms with Gasteiger partial charge < -0.3 is 14.4 Å². The van der Waals surface area contributed by atoms with Crippen LogP contribution in [0.4, 0.5) is 4.39 Å². The fourth-order valence-electron chi connectivity index (χ4n) is 2.16. The van der Waals surface area contributed by atoms with Crippen molar-refractivity contribution < 1.29 is 51.4 Å². The minimum atomic E-state index is -0.440. The minimum Gasteiger partial charge on any atom is -0.486 e. The summed E-state index contributed by atoms with van der Waals surface area (Å²) in [6, 6.07) is 4.56. The van der Waals surface area contributed by atoms with Gasteiger partial charge in [-0.25, -0.2) is 10.5 Å². The second kappa shape index (κ2) is 9.30. The Balaban J connectivity index is 0.00000242. The van der Waals surface area contributed by atoms with E-state index in [1.165, 1.54) is 13.2 Å². The average Bonchev–Trinajstić information content (AvgIpc) is 2.48. The molecular weight excluding hydrogens is 477 g/mol. The summed E-state index contributed by atoms with van der Waals surface area (Å²) in [5.74, 6) is -0.130. The Morgan fingerprint density at radius 3 is 2.86 bits per heavy atom. The van der Waals surface area contributed by atoms with Crippen LogP contribution in [0, 0.1) is 11.9 Å². The molecular formula is C15H16FINO3Y-. The molecule has 1 aromatic carbocycles. The van der Waals surface area contributed by atoms with Gasteiger partial charge in [-0.1, -0.05) is 40.6 Å². The zero-order valence-corrected chi connectivity index (χ0v) is 17.4. The number of halogens is 2. The van der Waals surface area contributed by atoms with Gasteiger partial charge in [-0.3, -0.25) is 4.79 Å². The smallest absolute Gasteiger partial charge is 0.236 e. The first-order valence-electron chi connectivity index (χ1n) is 6.57. The Hall–Kier alpha value is -0.0461. The van der Waals surface area contributed by atoms with E-state index in [0.717, 1.165) is 0 Å². The summed E-state index contributed by atoms with van der Waals surface area (Å²) in [5.41, 5.74) is 0.702. The topological polar surface area (TPSA) is 38.8 Å². The predicted octanol–water partition coefficient (Wildman–Crippen LogP) is 3.01. The molecule has 0 saturated carbocycles. The van der Waals surface area contributed by atoms with Crippen LogP contribution in [0.25, 0.3) is 5.70 Å². The van der Waals surface area contributed by atoms with Crippen molar-refractivity contribution in [1.29, 1.82) is 0 Å². The van der Waals surface area contributed by atoms with Gasteiger partial charge in [0.25, 0.3) is 0 Å². The van der Waals surface area contributed by atoms with Gasteiger partial charge in [-0.2, -0.15) is 0 Å². The molecule has 0 aromatic heterocycles. The van der Waals surface area contributed by atoms with Crippen LogP contribution in [0.2, 0.25) is 0 Å². The second-order valence-corrected chi connectivity index (χ2v) is 5.95. The van der Waals surface area contributed by atoms with Crippen molar-refractivity contribution in [2.24, 2.45) is 0 Å². The number of benzene rings is 1. The van der Waals surface area contributed by atoms with Gasteiger partial charge in [0.2, 0.25) is 5.91 Å². The SMILES string of the molecule is CCN1C(=O)C(I)C[C-]=C1c1c(F)cccc1OCOC.[Y]. The number of nitrogens with zero attached hydrogens (tertiary/aromatic N) is 1. The van der Waals surface area contributed by atoms with Crippen LogP contribution in [0.5, 0.6) is 5.75 Å². The van der Waals surface area contributed by atoms with Gasteiger partial charge in [-0.05, 0) is 19.1 Å². The van der Waals surface area contributed by atoms with Crippen LogP contribution >= 0.6 is 22.6 Å². The van der Waals surface area contributed by atoms with Crippen LogP contribution < -0.4 is 4.74 Å². The number of carbonyl (C=O) groups excluding carboxylic acids is 1. The Bertz CT molecular complexity index is 568. The fourth-order valence-corrected chi connectivity index (χ4v) is 2.72. The molecule has 0 N–H and O–H groups in total. The molecule has 22 heavy (non-hydrogen) atoms. The summed E-state index contributed by atoms with van der Waals surface area (Å²) >= 11 is 2.08. The van der Waals surface area contributed by atoms with Gasteiger partial charge >= 0.3 is 0 Å². The fraction of sp³-hybridized carbons (Fsp3) is 0.400. The first kappa shape index (κ1) is 20.0. The summed E-state index contributed by atoms with van der Waals surface area (Å²) in [7, 11) is 1.49. The molecule has 1 unspecified atom stereocenters. The van der Waals surface area contributed by atoms with Crippen LogP contribution in [0.3, 0.4) is 0 Å². The largest absolute Gasteiger partial charge is 0.486 e. The van der Waals surface area contributed by atoms with Crippen molar-refractivity contribution in [2.75, 3.05) is 20.4 Å². The van der Waals surface area contributed by atoms with Crippen molar-refractivity contribution >= 4 is 34.2 Å². The third-order valence-electron chi connectivity index (χ3n) is 3.11. The molecule has 1 amide bonds. The summed E-state index contributed by atoms with van der Waals surface area (Å²) < 4.78 is 24.4. The summed E-state index contributed by atoms with van der Waals surface area (Å²) in [4.78, 5) is 13.8.